The van der Waals surface area contributed by atoms with Crippen LogP contribution in [0.25, 0.3) is 0 Å². The van der Waals surface area contributed by atoms with E-state index in [4.69, 9.17) is 0 Å². The molecule has 1 rings (SSSR count). The van der Waals surface area contributed by atoms with Crippen LogP contribution < -0.4 is 0 Å². The Bertz CT molecular complexity index is 172. The van der Waals surface area contributed by atoms with Crippen molar-refractivity contribution in [2.75, 3.05) is 13.1 Å². The molecule has 0 spiro atoms. The van der Waals surface area contributed by atoms with Gasteiger partial charge in [-0.1, -0.05) is 20.8 Å². The van der Waals surface area contributed by atoms with E-state index in [2.05, 4.69) is 30.8 Å². The highest BCUT2D eigenvalue weighted by Crippen LogP contribution is 2.15. The van der Waals surface area contributed by atoms with E-state index < -0.39 is 0 Å². The smallest absolute Gasteiger partial charge is 0.0589 e. The first-order valence-electron chi connectivity index (χ1n) is 3.65. The average molecular weight is 138 g/mol. The predicted octanol–water partition coefficient (Wildman–Crippen LogP) is 1.56. The van der Waals surface area contributed by atoms with Gasteiger partial charge in [-0.15, -0.1) is 0 Å². The van der Waals surface area contributed by atoms with E-state index in [1.54, 1.807) is 0 Å². The third-order valence-electron chi connectivity index (χ3n) is 1.49. The Morgan fingerprint density at radius 3 is 2.30 bits per heavy atom. The van der Waals surface area contributed by atoms with Crippen molar-refractivity contribution in [3.05, 3.63) is 0 Å². The summed E-state index contributed by atoms with van der Waals surface area (Å²) in [5.41, 5.74) is 1.29. The van der Waals surface area contributed by atoms with Gasteiger partial charge in [-0.25, -0.2) is 0 Å². The summed E-state index contributed by atoms with van der Waals surface area (Å²) in [7, 11) is 0. The molecule has 56 valence electrons. The molecule has 0 aromatic carbocycles. The van der Waals surface area contributed by atoms with Crippen LogP contribution >= 0.6 is 0 Å². The normalized spacial score (nSPS) is 18.9. The van der Waals surface area contributed by atoms with Gasteiger partial charge < -0.3 is 0 Å². The van der Waals surface area contributed by atoms with Crippen molar-refractivity contribution in [2.24, 2.45) is 15.4 Å². The Morgan fingerprint density at radius 1 is 1.30 bits per heavy atom. The Balaban J connectivity index is 2.73. The standard InChI is InChI=1S/C8H14N2/c1-8(2,3)7-6-9-4-5-10-7/h6H,4-5H2,1-3H3. The van der Waals surface area contributed by atoms with Crippen molar-refractivity contribution in [1.82, 2.24) is 0 Å². The summed E-state index contributed by atoms with van der Waals surface area (Å²) in [6.45, 7) is 8.19. The lowest BCUT2D eigenvalue weighted by Gasteiger charge is -2.19. The lowest BCUT2D eigenvalue weighted by molar-refractivity contribution is 0.594. The molecule has 1 aliphatic rings. The van der Waals surface area contributed by atoms with Gasteiger partial charge in [0.2, 0.25) is 0 Å². The second-order valence-corrected chi connectivity index (χ2v) is 3.55. The predicted molar refractivity (Wildman–Crippen MR) is 45.1 cm³/mol. The summed E-state index contributed by atoms with van der Waals surface area (Å²) in [6, 6.07) is 0. The zero-order chi connectivity index (χ0) is 7.61. The SMILES string of the molecule is CC(C)(C)C1=NCCN=C1. The first-order chi connectivity index (χ1) is 4.61. The molecule has 2 nitrogen and oxygen atoms in total. The third-order valence-corrected chi connectivity index (χ3v) is 1.49. The Labute approximate surface area is 62.1 Å². The van der Waals surface area contributed by atoms with E-state index in [1.165, 1.54) is 0 Å². The molecule has 0 aromatic heterocycles. The maximum absolute atomic E-state index is 4.37. The first-order valence-corrected chi connectivity index (χ1v) is 3.65. The molecule has 0 amide bonds. The quantitative estimate of drug-likeness (QED) is 0.485. The Hall–Kier alpha value is -0.660. The lowest BCUT2D eigenvalue weighted by Crippen LogP contribution is -2.24. The number of nitrogens with zero attached hydrogens (tertiary/aromatic N) is 2. The van der Waals surface area contributed by atoms with Crippen LogP contribution in [0.5, 0.6) is 0 Å². The second-order valence-electron chi connectivity index (χ2n) is 3.55. The van der Waals surface area contributed by atoms with Crippen molar-refractivity contribution < 1.29 is 0 Å². The molecule has 0 aliphatic carbocycles. The highest BCUT2D eigenvalue weighted by atomic mass is 14.9. The van der Waals surface area contributed by atoms with E-state index >= 15 is 0 Å². The fraction of sp³-hybridized carbons (Fsp3) is 0.750. The van der Waals surface area contributed by atoms with Crippen LogP contribution in [-0.4, -0.2) is 25.0 Å². The van der Waals surface area contributed by atoms with Crippen molar-refractivity contribution in [1.29, 1.82) is 0 Å². The van der Waals surface area contributed by atoms with E-state index in [-0.39, 0.29) is 5.41 Å². The van der Waals surface area contributed by atoms with E-state index in [9.17, 15) is 0 Å². The molecule has 0 fully saturated rings. The maximum Gasteiger partial charge on any atom is 0.0589 e. The van der Waals surface area contributed by atoms with Crippen LogP contribution in [0.2, 0.25) is 0 Å². The lowest BCUT2D eigenvalue weighted by atomic mass is 9.90. The van der Waals surface area contributed by atoms with Gasteiger partial charge >= 0.3 is 0 Å². The fourth-order valence-corrected chi connectivity index (χ4v) is 0.851. The van der Waals surface area contributed by atoms with Gasteiger partial charge in [0, 0.05) is 11.6 Å². The number of aliphatic imine (C=N–C) groups is 2. The molecular weight excluding hydrogens is 124 g/mol. The molecule has 2 heteroatoms. The number of hydrogen-bond acceptors (Lipinski definition) is 2. The van der Waals surface area contributed by atoms with Crippen LogP contribution in [-0.2, 0) is 0 Å². The molecular formula is C8H14N2. The fourth-order valence-electron chi connectivity index (χ4n) is 0.851. The van der Waals surface area contributed by atoms with Crippen molar-refractivity contribution in [3.8, 4) is 0 Å². The zero-order valence-electron chi connectivity index (χ0n) is 6.89. The largest absolute Gasteiger partial charge is 0.289 e. The number of rotatable bonds is 0. The maximum atomic E-state index is 4.37. The van der Waals surface area contributed by atoms with Crippen molar-refractivity contribution in [3.63, 3.8) is 0 Å². The van der Waals surface area contributed by atoms with Gasteiger partial charge in [0.1, 0.15) is 0 Å². The molecule has 0 aromatic rings. The Morgan fingerprint density at radius 2 is 2.00 bits per heavy atom. The topological polar surface area (TPSA) is 24.7 Å². The molecule has 10 heavy (non-hydrogen) atoms. The van der Waals surface area contributed by atoms with Gasteiger partial charge in [-0.05, 0) is 0 Å². The molecule has 0 saturated carbocycles. The van der Waals surface area contributed by atoms with E-state index in [0.717, 1.165) is 18.8 Å². The molecule has 0 atom stereocenters. The van der Waals surface area contributed by atoms with Crippen LogP contribution in [0.4, 0.5) is 0 Å². The molecule has 0 N–H and O–H groups in total. The van der Waals surface area contributed by atoms with Gasteiger partial charge in [0.25, 0.3) is 0 Å². The summed E-state index contributed by atoms with van der Waals surface area (Å²) in [5, 5.41) is 0. The van der Waals surface area contributed by atoms with Gasteiger partial charge in [0.15, 0.2) is 0 Å². The summed E-state index contributed by atoms with van der Waals surface area (Å²) >= 11 is 0. The summed E-state index contributed by atoms with van der Waals surface area (Å²) in [5.74, 6) is 0. The van der Waals surface area contributed by atoms with Gasteiger partial charge in [-0.3, -0.25) is 9.98 Å². The van der Waals surface area contributed by atoms with E-state index in [0.29, 0.717) is 0 Å². The minimum absolute atomic E-state index is 0.171. The molecule has 1 aliphatic heterocycles. The minimum atomic E-state index is 0.171. The minimum Gasteiger partial charge on any atom is -0.289 e. The second kappa shape index (κ2) is 2.52. The third kappa shape index (κ3) is 1.66. The van der Waals surface area contributed by atoms with Gasteiger partial charge in [0.05, 0.1) is 18.8 Å². The van der Waals surface area contributed by atoms with Crippen molar-refractivity contribution >= 4 is 11.9 Å². The van der Waals surface area contributed by atoms with Crippen molar-refractivity contribution in [2.45, 2.75) is 20.8 Å². The molecule has 0 unspecified atom stereocenters. The van der Waals surface area contributed by atoms with Crippen LogP contribution in [0.1, 0.15) is 20.8 Å². The first kappa shape index (κ1) is 7.45. The molecule has 0 bridgehead atoms. The molecule has 1 heterocycles. The molecule has 0 radical (unpaired) electrons. The summed E-state index contributed by atoms with van der Waals surface area (Å²) in [6.07, 6.45) is 1.89. The summed E-state index contributed by atoms with van der Waals surface area (Å²) < 4.78 is 0. The monoisotopic (exact) mass is 138 g/mol. The highest BCUT2D eigenvalue weighted by molar-refractivity contribution is 6.33. The zero-order valence-corrected chi connectivity index (χ0v) is 6.89. The number of hydrogen-bond donors (Lipinski definition) is 0. The van der Waals surface area contributed by atoms with E-state index in [1.807, 2.05) is 6.21 Å². The van der Waals surface area contributed by atoms with Gasteiger partial charge in [-0.2, -0.15) is 0 Å². The molecule has 0 saturated heterocycles. The highest BCUT2D eigenvalue weighted by Gasteiger charge is 2.17. The summed E-state index contributed by atoms with van der Waals surface area (Å²) in [4.78, 5) is 8.54. The average Bonchev–Trinajstić information content (AvgIpc) is 1.88. The van der Waals surface area contributed by atoms with Crippen LogP contribution in [0.3, 0.4) is 0 Å². The van der Waals surface area contributed by atoms with Crippen LogP contribution in [0.15, 0.2) is 9.98 Å². The Kier molecular flexibility index (Phi) is 1.88. The van der Waals surface area contributed by atoms with Crippen LogP contribution in [0, 0.1) is 5.41 Å².